The molecule has 1 aromatic rings. The molecule has 0 aliphatic rings. The Bertz CT molecular complexity index is 470. The Balaban J connectivity index is 3.06. The average Bonchev–Trinajstić information content (AvgIpc) is 2.39. The van der Waals surface area contributed by atoms with Crippen LogP contribution >= 0.6 is 0 Å². The van der Waals surface area contributed by atoms with Crippen LogP contribution in [0.25, 0.3) is 0 Å². The van der Waals surface area contributed by atoms with E-state index in [0.29, 0.717) is 12.0 Å². The van der Waals surface area contributed by atoms with Gasteiger partial charge in [-0.2, -0.15) is 0 Å². The lowest BCUT2D eigenvalue weighted by atomic mass is 9.91. The Hall–Kier alpha value is -1.88. The van der Waals surface area contributed by atoms with Crippen molar-refractivity contribution in [2.24, 2.45) is 5.73 Å². The monoisotopic (exact) mass is 279 g/mol. The van der Waals surface area contributed by atoms with Gasteiger partial charge in [0, 0.05) is 0 Å². The van der Waals surface area contributed by atoms with Crippen molar-refractivity contribution in [1.82, 2.24) is 0 Å². The van der Waals surface area contributed by atoms with Crippen LogP contribution in [0, 0.1) is 0 Å². The number of carbonyl (C=O) groups is 2. The maximum Gasteiger partial charge on any atom is 0.321 e. The number of rotatable bonds is 6. The molecule has 2 atom stereocenters. The topological polar surface area (TPSA) is 89.6 Å². The van der Waals surface area contributed by atoms with E-state index in [1.54, 1.807) is 44.2 Å². The third-order valence-electron chi connectivity index (χ3n) is 3.29. The number of esters is 1. The first-order chi connectivity index (χ1) is 9.28. The van der Waals surface area contributed by atoms with Gasteiger partial charge in [-0.05, 0) is 25.8 Å². The van der Waals surface area contributed by atoms with E-state index in [2.05, 4.69) is 0 Å². The van der Waals surface area contributed by atoms with Gasteiger partial charge in [0.15, 0.2) is 0 Å². The lowest BCUT2D eigenvalue weighted by Crippen LogP contribution is -2.43. The predicted molar refractivity (Wildman–Crippen MR) is 75.3 cm³/mol. The van der Waals surface area contributed by atoms with Crippen molar-refractivity contribution in [1.29, 1.82) is 0 Å². The molecule has 0 saturated heterocycles. The van der Waals surface area contributed by atoms with Crippen molar-refractivity contribution in [2.75, 3.05) is 0 Å². The molecule has 0 heterocycles. The lowest BCUT2D eigenvalue weighted by molar-refractivity contribution is -0.161. The number of carboxylic acid groups (broad SMARTS) is 1. The molecule has 1 rings (SSSR count). The van der Waals surface area contributed by atoms with Gasteiger partial charge in [0.1, 0.15) is 17.6 Å². The molecule has 0 aliphatic heterocycles. The van der Waals surface area contributed by atoms with Gasteiger partial charge < -0.3 is 15.6 Å². The van der Waals surface area contributed by atoms with Crippen molar-refractivity contribution in [3.8, 4) is 0 Å². The second kappa shape index (κ2) is 6.52. The fourth-order valence-corrected chi connectivity index (χ4v) is 1.70. The second-order valence-electron chi connectivity index (χ2n) is 5.29. The summed E-state index contributed by atoms with van der Waals surface area (Å²) in [6.07, 6.45) is 0.628. The lowest BCUT2D eigenvalue weighted by Gasteiger charge is -2.28. The summed E-state index contributed by atoms with van der Waals surface area (Å²) in [6.45, 7) is 5.44. The van der Waals surface area contributed by atoms with Crippen LogP contribution in [0.5, 0.6) is 0 Å². The van der Waals surface area contributed by atoms with Crippen LogP contribution in [0.2, 0.25) is 0 Å². The van der Waals surface area contributed by atoms with Gasteiger partial charge in [0.2, 0.25) is 0 Å². The largest absolute Gasteiger partial charge is 0.480 e. The second-order valence-corrected chi connectivity index (χ2v) is 5.29. The highest BCUT2D eigenvalue weighted by Crippen LogP contribution is 2.24. The number of carbonyl (C=O) groups excluding carboxylic acids is 1. The fraction of sp³-hybridized carbons (Fsp3) is 0.467. The molecule has 0 aromatic heterocycles. The highest BCUT2D eigenvalue weighted by Gasteiger charge is 2.36. The van der Waals surface area contributed by atoms with Crippen LogP contribution in [0.4, 0.5) is 0 Å². The van der Waals surface area contributed by atoms with Gasteiger partial charge in [-0.3, -0.25) is 9.59 Å². The first kappa shape index (κ1) is 16.2. The van der Waals surface area contributed by atoms with Crippen LogP contribution in [-0.4, -0.2) is 28.7 Å². The van der Waals surface area contributed by atoms with Gasteiger partial charge in [-0.15, -0.1) is 0 Å². The van der Waals surface area contributed by atoms with Crippen molar-refractivity contribution >= 4 is 11.9 Å². The Labute approximate surface area is 118 Å². The molecular weight excluding hydrogens is 258 g/mol. The Morgan fingerprint density at radius 3 is 2.30 bits per heavy atom. The minimum atomic E-state index is -1.34. The number of hydrogen-bond acceptors (Lipinski definition) is 4. The van der Waals surface area contributed by atoms with Gasteiger partial charge in [0.25, 0.3) is 0 Å². The molecule has 0 radical (unpaired) electrons. The summed E-state index contributed by atoms with van der Waals surface area (Å²) in [6, 6.07) is 7.26. The van der Waals surface area contributed by atoms with Crippen molar-refractivity contribution in [2.45, 2.75) is 44.8 Å². The van der Waals surface area contributed by atoms with Crippen LogP contribution in [0.1, 0.15) is 38.7 Å². The van der Waals surface area contributed by atoms with E-state index in [1.807, 2.05) is 6.92 Å². The van der Waals surface area contributed by atoms with Crippen molar-refractivity contribution in [3.05, 3.63) is 35.9 Å². The van der Waals surface area contributed by atoms with E-state index in [-0.39, 0.29) is 0 Å². The minimum absolute atomic E-state index is 0.541. The summed E-state index contributed by atoms with van der Waals surface area (Å²) in [5, 5.41) is 9.09. The van der Waals surface area contributed by atoms with Crippen LogP contribution < -0.4 is 5.73 Å². The number of carboxylic acids is 1. The zero-order valence-electron chi connectivity index (χ0n) is 12.0. The van der Waals surface area contributed by atoms with Crippen LogP contribution in [0.15, 0.2) is 30.3 Å². The van der Waals surface area contributed by atoms with E-state index in [9.17, 15) is 9.59 Å². The third-order valence-corrected chi connectivity index (χ3v) is 3.29. The van der Waals surface area contributed by atoms with Gasteiger partial charge in [-0.25, -0.2) is 0 Å². The molecule has 0 aliphatic carbocycles. The zero-order valence-corrected chi connectivity index (χ0v) is 12.0. The SMILES string of the molecule is CCC(C)(C)OC(=O)C(c1ccccc1)C(N)C(=O)O. The normalized spacial score (nSPS) is 14.4. The zero-order chi connectivity index (χ0) is 15.3. The Morgan fingerprint density at radius 1 is 1.30 bits per heavy atom. The minimum Gasteiger partial charge on any atom is -0.480 e. The van der Waals surface area contributed by atoms with Gasteiger partial charge in [0.05, 0.1) is 0 Å². The summed E-state index contributed by atoms with van der Waals surface area (Å²) >= 11 is 0. The van der Waals surface area contributed by atoms with Crippen LogP contribution in [-0.2, 0) is 14.3 Å². The molecule has 5 nitrogen and oxygen atoms in total. The van der Waals surface area contributed by atoms with Gasteiger partial charge >= 0.3 is 11.9 Å². The summed E-state index contributed by atoms with van der Waals surface area (Å²) in [5.74, 6) is -2.86. The summed E-state index contributed by atoms with van der Waals surface area (Å²) in [7, 11) is 0. The smallest absolute Gasteiger partial charge is 0.321 e. The van der Waals surface area contributed by atoms with E-state index >= 15 is 0 Å². The van der Waals surface area contributed by atoms with Gasteiger partial charge in [-0.1, -0.05) is 37.3 Å². The molecule has 20 heavy (non-hydrogen) atoms. The number of aliphatic carboxylic acids is 1. The van der Waals surface area contributed by atoms with E-state index in [0.717, 1.165) is 0 Å². The number of benzene rings is 1. The highest BCUT2D eigenvalue weighted by atomic mass is 16.6. The molecule has 0 fully saturated rings. The Morgan fingerprint density at radius 2 is 1.85 bits per heavy atom. The maximum absolute atomic E-state index is 12.3. The quantitative estimate of drug-likeness (QED) is 0.776. The molecule has 110 valence electrons. The Kier molecular flexibility index (Phi) is 5.27. The molecular formula is C15H21NO4. The highest BCUT2D eigenvalue weighted by molar-refractivity contribution is 5.87. The van der Waals surface area contributed by atoms with E-state index < -0.39 is 29.5 Å². The number of nitrogens with two attached hydrogens (primary N) is 1. The van der Waals surface area contributed by atoms with Crippen molar-refractivity contribution < 1.29 is 19.4 Å². The molecule has 3 N–H and O–H groups in total. The molecule has 2 unspecified atom stereocenters. The molecule has 1 aromatic carbocycles. The standard InChI is InChI=1S/C15H21NO4/c1-4-15(2,3)20-14(19)11(12(16)13(17)18)10-8-6-5-7-9-10/h5-9,11-12H,4,16H2,1-3H3,(H,17,18). The van der Waals surface area contributed by atoms with E-state index in [4.69, 9.17) is 15.6 Å². The summed E-state index contributed by atoms with van der Waals surface area (Å²) in [4.78, 5) is 23.4. The van der Waals surface area contributed by atoms with E-state index in [1.165, 1.54) is 0 Å². The first-order valence-electron chi connectivity index (χ1n) is 6.54. The molecule has 0 amide bonds. The maximum atomic E-state index is 12.3. The third kappa shape index (κ3) is 4.06. The summed E-state index contributed by atoms with van der Waals surface area (Å²) < 4.78 is 5.39. The molecule has 0 bridgehead atoms. The average molecular weight is 279 g/mol. The molecule has 0 saturated carbocycles. The van der Waals surface area contributed by atoms with Crippen molar-refractivity contribution in [3.63, 3.8) is 0 Å². The first-order valence-corrected chi connectivity index (χ1v) is 6.54. The molecule has 5 heteroatoms. The number of hydrogen-bond donors (Lipinski definition) is 2. The number of ether oxygens (including phenoxy) is 1. The molecule has 0 spiro atoms. The predicted octanol–water partition coefficient (Wildman–Crippen LogP) is 1.91. The van der Waals surface area contributed by atoms with Crippen LogP contribution in [0.3, 0.4) is 0 Å². The summed E-state index contributed by atoms with van der Waals surface area (Å²) in [5.41, 5.74) is 5.54. The fourth-order valence-electron chi connectivity index (χ4n) is 1.70.